The van der Waals surface area contributed by atoms with Gasteiger partial charge < -0.3 is 15.4 Å². The van der Waals surface area contributed by atoms with Crippen molar-refractivity contribution in [3.05, 3.63) is 29.3 Å². The Morgan fingerprint density at radius 1 is 1.52 bits per heavy atom. The third-order valence-electron chi connectivity index (χ3n) is 3.50. The van der Waals surface area contributed by atoms with E-state index in [2.05, 4.69) is 37.5 Å². The molecule has 0 saturated carbocycles. The van der Waals surface area contributed by atoms with E-state index in [1.807, 2.05) is 23.9 Å². The van der Waals surface area contributed by atoms with Crippen molar-refractivity contribution in [3.8, 4) is 0 Å². The predicted molar refractivity (Wildman–Crippen MR) is 88.8 cm³/mol. The summed E-state index contributed by atoms with van der Waals surface area (Å²) in [6.07, 6.45) is -0.396. The van der Waals surface area contributed by atoms with Gasteiger partial charge in [0, 0.05) is 24.5 Å². The van der Waals surface area contributed by atoms with Crippen molar-refractivity contribution < 1.29 is 9.53 Å². The van der Waals surface area contributed by atoms with Crippen molar-refractivity contribution in [1.29, 1.82) is 0 Å². The molecule has 0 radical (unpaired) electrons. The quantitative estimate of drug-likeness (QED) is 0.878. The number of rotatable bonds is 5. The molecule has 1 aromatic carbocycles. The molecule has 1 aliphatic rings. The lowest BCUT2D eigenvalue weighted by atomic mass is 10.1. The molecule has 0 aliphatic carbocycles. The molecule has 1 unspecified atom stereocenters. The van der Waals surface area contributed by atoms with Gasteiger partial charge >= 0.3 is 0 Å². The van der Waals surface area contributed by atoms with Crippen molar-refractivity contribution >= 4 is 23.4 Å². The van der Waals surface area contributed by atoms with E-state index in [4.69, 9.17) is 4.74 Å². The number of hydrogen-bond donors (Lipinski definition) is 2. The maximum Gasteiger partial charge on any atom is 0.254 e. The molecule has 0 bridgehead atoms. The lowest BCUT2D eigenvalue weighted by molar-refractivity contribution is -0.128. The minimum Gasteiger partial charge on any atom is -0.366 e. The van der Waals surface area contributed by atoms with Gasteiger partial charge in [-0.15, -0.1) is 0 Å². The van der Waals surface area contributed by atoms with E-state index < -0.39 is 6.10 Å². The molecule has 1 heterocycles. The number of benzene rings is 1. The lowest BCUT2D eigenvalue weighted by Crippen LogP contribution is -2.45. The number of hydrogen-bond acceptors (Lipinski definition) is 4. The third-order valence-corrected chi connectivity index (χ3v) is 4.64. The molecule has 1 atom stereocenters. The number of ether oxygens (including phenoxy) is 1. The summed E-state index contributed by atoms with van der Waals surface area (Å²) in [5.41, 5.74) is 3.30. The fraction of sp³-hybridized carbons (Fsp3) is 0.562. The van der Waals surface area contributed by atoms with Crippen LogP contribution in [0.3, 0.4) is 0 Å². The van der Waals surface area contributed by atoms with Gasteiger partial charge in [-0.2, -0.15) is 11.8 Å². The van der Waals surface area contributed by atoms with Gasteiger partial charge in [-0.05, 0) is 29.4 Å². The van der Waals surface area contributed by atoms with Crippen LogP contribution in [0.4, 0.5) is 5.69 Å². The standard InChI is InChI=1S/C16H24N2O2S/c1-11(2)21-10-13-5-4-6-14(12(13)3)18-16(19)15-9-17-7-8-20-15/h4-6,11,15,17H,7-10H2,1-3H3,(H,18,19). The molecule has 2 N–H and O–H groups in total. The Labute approximate surface area is 131 Å². The van der Waals surface area contributed by atoms with Gasteiger partial charge in [0.25, 0.3) is 5.91 Å². The highest BCUT2D eigenvalue weighted by atomic mass is 32.2. The average molecular weight is 308 g/mol. The molecule has 2 rings (SSSR count). The van der Waals surface area contributed by atoms with E-state index in [1.54, 1.807) is 0 Å². The Balaban J connectivity index is 2.02. The third kappa shape index (κ3) is 4.73. The number of amides is 1. The zero-order valence-corrected chi connectivity index (χ0v) is 13.8. The highest BCUT2D eigenvalue weighted by Crippen LogP contribution is 2.25. The first-order chi connectivity index (χ1) is 10.1. The number of anilines is 1. The molecule has 5 heteroatoms. The van der Waals surface area contributed by atoms with Crippen LogP contribution in [-0.4, -0.2) is 37.0 Å². The molecule has 0 spiro atoms. The van der Waals surface area contributed by atoms with Gasteiger partial charge in [-0.25, -0.2) is 0 Å². The zero-order chi connectivity index (χ0) is 15.2. The minimum atomic E-state index is -0.396. The molecule has 4 nitrogen and oxygen atoms in total. The summed E-state index contributed by atoms with van der Waals surface area (Å²) in [6.45, 7) is 8.42. The predicted octanol–water partition coefficient (Wildman–Crippen LogP) is 2.56. The van der Waals surface area contributed by atoms with E-state index in [9.17, 15) is 4.79 Å². The maximum atomic E-state index is 12.2. The summed E-state index contributed by atoms with van der Waals surface area (Å²) in [6, 6.07) is 6.07. The summed E-state index contributed by atoms with van der Waals surface area (Å²) in [5, 5.41) is 6.77. The van der Waals surface area contributed by atoms with Crippen LogP contribution >= 0.6 is 11.8 Å². The highest BCUT2D eigenvalue weighted by molar-refractivity contribution is 7.99. The number of carbonyl (C=O) groups excluding carboxylic acids is 1. The number of nitrogens with one attached hydrogen (secondary N) is 2. The van der Waals surface area contributed by atoms with E-state index in [1.165, 1.54) is 5.56 Å². The van der Waals surface area contributed by atoms with Gasteiger partial charge in [-0.1, -0.05) is 26.0 Å². The molecular formula is C16H24N2O2S. The van der Waals surface area contributed by atoms with Gasteiger partial charge in [-0.3, -0.25) is 4.79 Å². The van der Waals surface area contributed by atoms with Crippen LogP contribution in [0.25, 0.3) is 0 Å². The summed E-state index contributed by atoms with van der Waals surface area (Å²) >= 11 is 1.91. The van der Waals surface area contributed by atoms with Crippen LogP contribution in [-0.2, 0) is 15.3 Å². The normalized spacial score (nSPS) is 18.8. The Bertz CT molecular complexity index is 485. The molecule has 1 aromatic rings. The van der Waals surface area contributed by atoms with Crippen molar-refractivity contribution in [1.82, 2.24) is 5.32 Å². The minimum absolute atomic E-state index is 0.0704. The Kier molecular flexibility index (Phi) is 6.08. The molecular weight excluding hydrogens is 284 g/mol. The fourth-order valence-corrected chi connectivity index (χ4v) is 3.00. The second-order valence-corrected chi connectivity index (χ2v) is 7.07. The van der Waals surface area contributed by atoms with E-state index >= 15 is 0 Å². The van der Waals surface area contributed by atoms with Gasteiger partial charge in [0.2, 0.25) is 0 Å². The van der Waals surface area contributed by atoms with Crippen molar-refractivity contribution in [2.45, 2.75) is 37.9 Å². The first-order valence-corrected chi connectivity index (χ1v) is 8.46. The summed E-state index contributed by atoms with van der Waals surface area (Å²) in [5.74, 6) is 0.897. The first-order valence-electron chi connectivity index (χ1n) is 7.41. The van der Waals surface area contributed by atoms with Gasteiger partial charge in [0.05, 0.1) is 6.61 Å². The molecule has 116 valence electrons. The smallest absolute Gasteiger partial charge is 0.254 e. The largest absolute Gasteiger partial charge is 0.366 e. The van der Waals surface area contributed by atoms with Crippen LogP contribution in [0.15, 0.2) is 18.2 Å². The second-order valence-electron chi connectivity index (χ2n) is 5.50. The first kappa shape index (κ1) is 16.3. The molecule has 1 saturated heterocycles. The highest BCUT2D eigenvalue weighted by Gasteiger charge is 2.22. The van der Waals surface area contributed by atoms with E-state index in [0.717, 1.165) is 23.5 Å². The topological polar surface area (TPSA) is 50.4 Å². The van der Waals surface area contributed by atoms with Crippen LogP contribution in [0.2, 0.25) is 0 Å². The zero-order valence-electron chi connectivity index (χ0n) is 12.9. The van der Waals surface area contributed by atoms with Crippen molar-refractivity contribution in [2.24, 2.45) is 0 Å². The summed E-state index contributed by atoms with van der Waals surface area (Å²) in [7, 11) is 0. The Hall–Kier alpha value is -1.04. The van der Waals surface area contributed by atoms with Crippen LogP contribution in [0.1, 0.15) is 25.0 Å². The fourth-order valence-electron chi connectivity index (χ4n) is 2.18. The Morgan fingerprint density at radius 3 is 3.00 bits per heavy atom. The number of morpholine rings is 1. The monoisotopic (exact) mass is 308 g/mol. The lowest BCUT2D eigenvalue weighted by Gasteiger charge is -2.23. The summed E-state index contributed by atoms with van der Waals surface area (Å²) < 4.78 is 5.48. The molecule has 1 aliphatic heterocycles. The molecule has 1 amide bonds. The van der Waals surface area contributed by atoms with Crippen molar-refractivity contribution in [3.63, 3.8) is 0 Å². The summed E-state index contributed by atoms with van der Waals surface area (Å²) in [4.78, 5) is 12.2. The molecule has 0 aromatic heterocycles. The van der Waals surface area contributed by atoms with Gasteiger partial charge in [0.1, 0.15) is 6.10 Å². The van der Waals surface area contributed by atoms with Crippen LogP contribution in [0, 0.1) is 6.92 Å². The van der Waals surface area contributed by atoms with E-state index in [0.29, 0.717) is 18.4 Å². The SMILES string of the molecule is Cc1c(CSC(C)C)cccc1NC(=O)C1CNCCO1. The average Bonchev–Trinajstić information content (AvgIpc) is 2.49. The van der Waals surface area contributed by atoms with Crippen LogP contribution < -0.4 is 10.6 Å². The second kappa shape index (κ2) is 7.82. The molecule has 1 fully saturated rings. The Morgan fingerprint density at radius 2 is 2.33 bits per heavy atom. The van der Waals surface area contributed by atoms with E-state index in [-0.39, 0.29) is 5.91 Å². The number of thioether (sulfide) groups is 1. The molecule has 21 heavy (non-hydrogen) atoms. The van der Waals surface area contributed by atoms with Crippen molar-refractivity contribution in [2.75, 3.05) is 25.0 Å². The maximum absolute atomic E-state index is 12.2. The number of carbonyl (C=O) groups is 1. The van der Waals surface area contributed by atoms with Crippen LogP contribution in [0.5, 0.6) is 0 Å². The van der Waals surface area contributed by atoms with Gasteiger partial charge in [0.15, 0.2) is 0 Å².